The van der Waals surface area contributed by atoms with Gasteiger partial charge in [-0.25, -0.2) is 0 Å². The number of carboxylic acid groups (broad SMARTS) is 1. The topological polar surface area (TPSA) is 60.9 Å². The number of carbonyl (C=O) groups is 2. The molecule has 0 saturated heterocycles. The van der Waals surface area contributed by atoms with Crippen molar-refractivity contribution in [2.45, 2.75) is 45.4 Å². The average molecular weight is 272 g/mol. The van der Waals surface area contributed by atoms with Gasteiger partial charge in [0.2, 0.25) is 5.91 Å². The zero-order valence-electron chi connectivity index (χ0n) is 12.5. The number of amides is 1. The summed E-state index contributed by atoms with van der Waals surface area (Å²) in [5.74, 6) is -0.987. The third-order valence-electron chi connectivity index (χ3n) is 2.99. The minimum Gasteiger partial charge on any atom is -0.480 e. The molecule has 0 heterocycles. The van der Waals surface area contributed by atoms with Gasteiger partial charge in [0.25, 0.3) is 0 Å². The number of unbranched alkanes of at least 4 members (excludes halogenated alkanes) is 4. The van der Waals surface area contributed by atoms with E-state index in [2.05, 4.69) is 6.92 Å². The molecule has 5 nitrogen and oxygen atoms in total. The standard InChI is InChI=1S/C14H28N2O3/c1-4-5-6-7-8-9-13(17)16(12-14(18)19)11-10-15(2)3/h4-12H2,1-3H3,(H,18,19). The van der Waals surface area contributed by atoms with Crippen molar-refractivity contribution in [1.82, 2.24) is 9.80 Å². The number of hydrogen-bond acceptors (Lipinski definition) is 3. The van der Waals surface area contributed by atoms with Crippen LogP contribution in [-0.2, 0) is 9.59 Å². The first kappa shape index (κ1) is 17.9. The number of rotatable bonds is 11. The molecular weight excluding hydrogens is 244 g/mol. The highest BCUT2D eigenvalue weighted by molar-refractivity contribution is 5.81. The Bertz CT molecular complexity index is 267. The number of nitrogens with zero attached hydrogens (tertiary/aromatic N) is 2. The third kappa shape index (κ3) is 10.5. The van der Waals surface area contributed by atoms with Crippen molar-refractivity contribution in [3.8, 4) is 0 Å². The fraction of sp³-hybridized carbons (Fsp3) is 0.857. The Morgan fingerprint density at radius 3 is 2.16 bits per heavy atom. The molecule has 0 aliphatic rings. The van der Waals surface area contributed by atoms with Gasteiger partial charge in [0.15, 0.2) is 0 Å². The fourth-order valence-electron chi connectivity index (χ4n) is 1.81. The lowest BCUT2D eigenvalue weighted by atomic mass is 10.1. The monoisotopic (exact) mass is 272 g/mol. The van der Waals surface area contributed by atoms with Gasteiger partial charge in [0.05, 0.1) is 0 Å². The van der Waals surface area contributed by atoms with Crippen molar-refractivity contribution in [3.63, 3.8) is 0 Å². The molecule has 0 bridgehead atoms. The summed E-state index contributed by atoms with van der Waals surface area (Å²) >= 11 is 0. The van der Waals surface area contributed by atoms with Gasteiger partial charge >= 0.3 is 5.97 Å². The summed E-state index contributed by atoms with van der Waals surface area (Å²) in [6, 6.07) is 0. The Morgan fingerprint density at radius 2 is 1.63 bits per heavy atom. The quantitative estimate of drug-likeness (QED) is 0.583. The molecule has 0 atom stereocenters. The number of carbonyl (C=O) groups excluding carboxylic acids is 1. The maximum Gasteiger partial charge on any atom is 0.323 e. The van der Waals surface area contributed by atoms with Gasteiger partial charge in [0, 0.05) is 19.5 Å². The van der Waals surface area contributed by atoms with Crippen LogP contribution in [0.15, 0.2) is 0 Å². The molecule has 1 amide bonds. The highest BCUT2D eigenvalue weighted by Crippen LogP contribution is 2.07. The first-order chi connectivity index (χ1) is 8.97. The number of likely N-dealkylation sites (N-methyl/N-ethyl adjacent to an activating group) is 1. The molecule has 1 N–H and O–H groups in total. The Kier molecular flexibility index (Phi) is 10.2. The van der Waals surface area contributed by atoms with Gasteiger partial charge < -0.3 is 14.9 Å². The molecule has 5 heteroatoms. The Balaban J connectivity index is 4.03. The van der Waals surface area contributed by atoms with E-state index in [1.165, 1.54) is 17.7 Å². The molecule has 0 radical (unpaired) electrons. The van der Waals surface area contributed by atoms with E-state index in [9.17, 15) is 9.59 Å². The van der Waals surface area contributed by atoms with Gasteiger partial charge in [-0.3, -0.25) is 9.59 Å². The molecule has 19 heavy (non-hydrogen) atoms. The van der Waals surface area contributed by atoms with Gasteiger partial charge in [-0.05, 0) is 20.5 Å². The summed E-state index contributed by atoms with van der Waals surface area (Å²) in [7, 11) is 3.82. The molecule has 0 aliphatic heterocycles. The lowest BCUT2D eigenvalue weighted by molar-refractivity contribution is -0.144. The molecule has 0 unspecified atom stereocenters. The Hall–Kier alpha value is -1.10. The second-order valence-electron chi connectivity index (χ2n) is 5.18. The predicted molar refractivity (Wildman–Crippen MR) is 76.1 cm³/mol. The molecule has 0 spiro atoms. The van der Waals surface area contributed by atoms with Gasteiger partial charge in [0.1, 0.15) is 6.54 Å². The smallest absolute Gasteiger partial charge is 0.323 e. The molecule has 0 aliphatic carbocycles. The second kappa shape index (κ2) is 10.8. The SMILES string of the molecule is CCCCCCCC(=O)N(CCN(C)C)CC(=O)O. The van der Waals surface area contributed by atoms with E-state index in [1.807, 2.05) is 19.0 Å². The summed E-state index contributed by atoms with van der Waals surface area (Å²) < 4.78 is 0. The van der Waals surface area contributed by atoms with Crippen LogP contribution in [0, 0.1) is 0 Å². The minimum absolute atomic E-state index is 0.0410. The summed E-state index contributed by atoms with van der Waals surface area (Å²) in [6.07, 6.45) is 5.91. The highest BCUT2D eigenvalue weighted by Gasteiger charge is 2.16. The summed E-state index contributed by atoms with van der Waals surface area (Å²) in [6.45, 7) is 3.13. The fourth-order valence-corrected chi connectivity index (χ4v) is 1.81. The summed E-state index contributed by atoms with van der Waals surface area (Å²) in [4.78, 5) is 26.1. The maximum atomic E-state index is 12.0. The first-order valence-corrected chi connectivity index (χ1v) is 7.11. The molecule has 0 fully saturated rings. The highest BCUT2D eigenvalue weighted by atomic mass is 16.4. The Labute approximate surface area is 116 Å². The van der Waals surface area contributed by atoms with Crippen LogP contribution in [0.3, 0.4) is 0 Å². The largest absolute Gasteiger partial charge is 0.480 e. The van der Waals surface area contributed by atoms with Gasteiger partial charge in [-0.1, -0.05) is 32.6 Å². The second-order valence-corrected chi connectivity index (χ2v) is 5.18. The van der Waals surface area contributed by atoms with Crippen LogP contribution >= 0.6 is 0 Å². The summed E-state index contributed by atoms with van der Waals surface area (Å²) in [5, 5.41) is 8.83. The first-order valence-electron chi connectivity index (χ1n) is 7.11. The maximum absolute atomic E-state index is 12.0. The van der Waals surface area contributed by atoms with Crippen molar-refractivity contribution < 1.29 is 14.7 Å². The van der Waals surface area contributed by atoms with Crippen LogP contribution in [0.4, 0.5) is 0 Å². The van der Waals surface area contributed by atoms with Crippen LogP contribution in [0.5, 0.6) is 0 Å². The molecule has 112 valence electrons. The van der Waals surface area contributed by atoms with E-state index in [1.54, 1.807) is 0 Å². The van der Waals surface area contributed by atoms with Crippen LogP contribution in [0.25, 0.3) is 0 Å². The zero-order chi connectivity index (χ0) is 14.7. The van der Waals surface area contributed by atoms with E-state index < -0.39 is 5.97 Å². The predicted octanol–water partition coefficient (Wildman–Crippen LogP) is 1.82. The van der Waals surface area contributed by atoms with Gasteiger partial charge in [-0.15, -0.1) is 0 Å². The summed E-state index contributed by atoms with van der Waals surface area (Å²) in [5.41, 5.74) is 0. The van der Waals surface area contributed by atoms with E-state index in [0.717, 1.165) is 19.3 Å². The van der Waals surface area contributed by atoms with E-state index >= 15 is 0 Å². The van der Waals surface area contributed by atoms with Crippen LogP contribution in [-0.4, -0.2) is 60.5 Å². The lowest BCUT2D eigenvalue weighted by Crippen LogP contribution is -2.39. The number of aliphatic carboxylic acids is 1. The minimum atomic E-state index is -0.946. The van der Waals surface area contributed by atoms with E-state index in [0.29, 0.717) is 19.5 Å². The van der Waals surface area contributed by atoms with E-state index in [-0.39, 0.29) is 12.5 Å². The molecule has 0 aromatic carbocycles. The normalized spacial score (nSPS) is 10.7. The van der Waals surface area contributed by atoms with Crippen molar-refractivity contribution in [3.05, 3.63) is 0 Å². The van der Waals surface area contributed by atoms with Crippen molar-refractivity contribution in [2.24, 2.45) is 0 Å². The van der Waals surface area contributed by atoms with Crippen molar-refractivity contribution in [2.75, 3.05) is 33.7 Å². The average Bonchev–Trinajstić information content (AvgIpc) is 2.33. The Morgan fingerprint density at radius 1 is 1.00 bits per heavy atom. The van der Waals surface area contributed by atoms with Gasteiger partial charge in [-0.2, -0.15) is 0 Å². The number of carboxylic acids is 1. The zero-order valence-corrected chi connectivity index (χ0v) is 12.5. The molecule has 0 saturated carbocycles. The third-order valence-corrected chi connectivity index (χ3v) is 2.99. The van der Waals surface area contributed by atoms with E-state index in [4.69, 9.17) is 5.11 Å². The molecule has 0 aromatic rings. The number of hydrogen-bond donors (Lipinski definition) is 1. The molecule has 0 rings (SSSR count). The molecular formula is C14H28N2O3. The molecule has 0 aromatic heterocycles. The van der Waals surface area contributed by atoms with Crippen LogP contribution in [0.2, 0.25) is 0 Å². The van der Waals surface area contributed by atoms with Crippen molar-refractivity contribution >= 4 is 11.9 Å². The lowest BCUT2D eigenvalue weighted by Gasteiger charge is -2.22. The van der Waals surface area contributed by atoms with Crippen LogP contribution < -0.4 is 0 Å². The van der Waals surface area contributed by atoms with Crippen LogP contribution in [0.1, 0.15) is 45.4 Å². The van der Waals surface area contributed by atoms with Crippen molar-refractivity contribution in [1.29, 1.82) is 0 Å².